The zero-order valence-corrected chi connectivity index (χ0v) is 11.9. The lowest BCUT2D eigenvalue weighted by Crippen LogP contribution is -2.47. The first-order valence-corrected chi connectivity index (χ1v) is 7.24. The van der Waals surface area contributed by atoms with Crippen molar-refractivity contribution >= 4 is 5.91 Å². The second-order valence-corrected chi connectivity index (χ2v) is 5.51. The molecule has 2 rings (SSSR count). The van der Waals surface area contributed by atoms with Gasteiger partial charge in [0.1, 0.15) is 0 Å². The summed E-state index contributed by atoms with van der Waals surface area (Å²) in [7, 11) is 0. The highest BCUT2D eigenvalue weighted by atomic mass is 16.2. The molecule has 0 radical (unpaired) electrons. The molecule has 2 N–H and O–H groups in total. The number of benzene rings is 1. The number of carbonyl (C=O) groups is 1. The van der Waals surface area contributed by atoms with Crippen molar-refractivity contribution in [2.24, 2.45) is 11.7 Å². The second-order valence-electron chi connectivity index (χ2n) is 5.51. The molecule has 1 amide bonds. The van der Waals surface area contributed by atoms with E-state index < -0.39 is 0 Å². The molecule has 104 valence electrons. The van der Waals surface area contributed by atoms with Crippen molar-refractivity contribution in [1.29, 1.82) is 0 Å². The van der Waals surface area contributed by atoms with Gasteiger partial charge in [-0.05, 0) is 29.9 Å². The van der Waals surface area contributed by atoms with Crippen LogP contribution in [0.5, 0.6) is 0 Å². The summed E-state index contributed by atoms with van der Waals surface area (Å²) < 4.78 is 0. The third kappa shape index (κ3) is 3.16. The number of nitrogens with two attached hydrogens (primary N) is 1. The van der Waals surface area contributed by atoms with E-state index in [-0.39, 0.29) is 17.9 Å². The minimum atomic E-state index is -0.355. The number of amides is 1. The van der Waals surface area contributed by atoms with Crippen molar-refractivity contribution in [3.8, 4) is 0 Å². The van der Waals surface area contributed by atoms with E-state index in [1.165, 1.54) is 11.1 Å². The Morgan fingerprint density at radius 1 is 1.26 bits per heavy atom. The fourth-order valence-corrected chi connectivity index (χ4v) is 2.60. The summed E-state index contributed by atoms with van der Waals surface area (Å²) in [5, 5.41) is 0. The molecule has 19 heavy (non-hydrogen) atoms. The van der Waals surface area contributed by atoms with E-state index in [0.717, 1.165) is 32.4 Å². The maximum Gasteiger partial charge on any atom is 0.239 e. The lowest BCUT2D eigenvalue weighted by Gasteiger charge is -2.26. The Morgan fingerprint density at radius 3 is 2.26 bits per heavy atom. The number of nitrogens with zero attached hydrogens (tertiary/aromatic N) is 1. The average molecular weight is 260 g/mol. The van der Waals surface area contributed by atoms with Gasteiger partial charge in [0.05, 0.1) is 6.04 Å². The van der Waals surface area contributed by atoms with Crippen molar-refractivity contribution in [2.75, 3.05) is 13.1 Å². The number of hydrogen-bond donors (Lipinski definition) is 1. The maximum atomic E-state index is 12.4. The standard InChI is InChI=1S/C16H24N2O/c1-3-12(2)15(17)16(19)18-10-8-13-6-4-5-7-14(13)9-11-18/h4-7,12,15H,3,8-11,17H2,1-2H3. The van der Waals surface area contributed by atoms with Crippen LogP contribution >= 0.6 is 0 Å². The van der Waals surface area contributed by atoms with Gasteiger partial charge >= 0.3 is 0 Å². The molecule has 0 aromatic heterocycles. The smallest absolute Gasteiger partial charge is 0.239 e. The predicted molar refractivity (Wildman–Crippen MR) is 77.9 cm³/mol. The van der Waals surface area contributed by atoms with Crippen molar-refractivity contribution in [1.82, 2.24) is 4.90 Å². The first-order chi connectivity index (χ1) is 9.13. The van der Waals surface area contributed by atoms with Gasteiger partial charge in [-0.15, -0.1) is 0 Å². The zero-order chi connectivity index (χ0) is 13.8. The monoisotopic (exact) mass is 260 g/mol. The minimum Gasteiger partial charge on any atom is -0.341 e. The molecule has 0 spiro atoms. The number of rotatable bonds is 3. The summed E-state index contributed by atoms with van der Waals surface area (Å²) in [6, 6.07) is 8.12. The van der Waals surface area contributed by atoms with Crippen LogP contribution in [0.25, 0.3) is 0 Å². The van der Waals surface area contributed by atoms with Crippen LogP contribution in [0.15, 0.2) is 24.3 Å². The number of hydrogen-bond acceptors (Lipinski definition) is 2. The summed E-state index contributed by atoms with van der Waals surface area (Å²) in [5.74, 6) is 0.361. The van der Waals surface area contributed by atoms with Crippen LogP contribution in [0.2, 0.25) is 0 Å². The predicted octanol–water partition coefficient (Wildman–Crippen LogP) is 1.99. The highest BCUT2D eigenvalue weighted by molar-refractivity contribution is 5.82. The molecule has 2 atom stereocenters. The van der Waals surface area contributed by atoms with Crippen LogP contribution in [0.3, 0.4) is 0 Å². The van der Waals surface area contributed by atoms with Crippen LogP contribution < -0.4 is 5.73 Å². The molecule has 2 unspecified atom stereocenters. The normalized spacial score (nSPS) is 18.4. The molecule has 0 bridgehead atoms. The fourth-order valence-electron chi connectivity index (χ4n) is 2.60. The van der Waals surface area contributed by atoms with Gasteiger partial charge in [-0.25, -0.2) is 0 Å². The summed E-state index contributed by atoms with van der Waals surface area (Å²) in [6.45, 7) is 5.71. The van der Waals surface area contributed by atoms with E-state index in [9.17, 15) is 4.79 Å². The first kappa shape index (κ1) is 14.1. The Hall–Kier alpha value is -1.35. The second kappa shape index (κ2) is 6.20. The van der Waals surface area contributed by atoms with E-state index >= 15 is 0 Å². The third-order valence-corrected chi connectivity index (χ3v) is 4.27. The van der Waals surface area contributed by atoms with Crippen LogP contribution in [0, 0.1) is 5.92 Å². The van der Waals surface area contributed by atoms with Gasteiger partial charge in [0.2, 0.25) is 5.91 Å². The van der Waals surface area contributed by atoms with Crippen molar-refractivity contribution < 1.29 is 4.79 Å². The molecule has 1 aliphatic heterocycles. The Kier molecular flexibility index (Phi) is 4.59. The largest absolute Gasteiger partial charge is 0.341 e. The van der Waals surface area contributed by atoms with E-state index in [1.807, 2.05) is 4.90 Å². The molecule has 1 aliphatic rings. The minimum absolute atomic E-state index is 0.113. The Balaban J connectivity index is 2.03. The van der Waals surface area contributed by atoms with Crippen LogP contribution in [0.1, 0.15) is 31.4 Å². The van der Waals surface area contributed by atoms with E-state index in [1.54, 1.807) is 0 Å². The van der Waals surface area contributed by atoms with Gasteiger partial charge in [-0.3, -0.25) is 4.79 Å². The first-order valence-electron chi connectivity index (χ1n) is 7.24. The highest BCUT2D eigenvalue weighted by Crippen LogP contribution is 2.17. The van der Waals surface area contributed by atoms with Gasteiger partial charge in [0.15, 0.2) is 0 Å². The summed E-state index contributed by atoms with van der Waals surface area (Å²) >= 11 is 0. The average Bonchev–Trinajstić information content (AvgIpc) is 2.67. The quantitative estimate of drug-likeness (QED) is 0.903. The zero-order valence-electron chi connectivity index (χ0n) is 11.9. The lowest BCUT2D eigenvalue weighted by atomic mass is 9.99. The van der Waals surface area contributed by atoms with Gasteiger partial charge < -0.3 is 10.6 Å². The molecule has 0 aliphatic carbocycles. The van der Waals surface area contributed by atoms with Crippen LogP contribution in [-0.4, -0.2) is 29.9 Å². The topological polar surface area (TPSA) is 46.3 Å². The molecule has 1 aromatic rings. The van der Waals surface area contributed by atoms with Crippen LogP contribution in [-0.2, 0) is 17.6 Å². The molecular weight excluding hydrogens is 236 g/mol. The van der Waals surface area contributed by atoms with Gasteiger partial charge in [0.25, 0.3) is 0 Å². The molecule has 1 aromatic carbocycles. The molecular formula is C16H24N2O. The molecule has 0 fully saturated rings. The van der Waals surface area contributed by atoms with Crippen molar-refractivity contribution in [3.63, 3.8) is 0 Å². The molecule has 3 nitrogen and oxygen atoms in total. The van der Waals surface area contributed by atoms with Gasteiger partial charge in [0, 0.05) is 13.1 Å². The van der Waals surface area contributed by atoms with Gasteiger partial charge in [-0.1, -0.05) is 44.5 Å². The van der Waals surface area contributed by atoms with Gasteiger partial charge in [-0.2, -0.15) is 0 Å². The highest BCUT2D eigenvalue weighted by Gasteiger charge is 2.26. The van der Waals surface area contributed by atoms with Crippen LogP contribution in [0.4, 0.5) is 0 Å². The van der Waals surface area contributed by atoms with E-state index in [4.69, 9.17) is 5.73 Å². The SMILES string of the molecule is CCC(C)C(N)C(=O)N1CCc2ccccc2CC1. The van der Waals surface area contributed by atoms with Crippen molar-refractivity contribution in [3.05, 3.63) is 35.4 Å². The Morgan fingerprint density at radius 2 is 1.79 bits per heavy atom. The number of carbonyl (C=O) groups excluding carboxylic acids is 1. The summed E-state index contributed by atoms with van der Waals surface area (Å²) in [5.41, 5.74) is 8.81. The Labute approximate surface area is 115 Å². The molecule has 0 saturated heterocycles. The summed E-state index contributed by atoms with van der Waals surface area (Å²) in [4.78, 5) is 14.3. The molecule has 1 heterocycles. The lowest BCUT2D eigenvalue weighted by molar-refractivity contribution is -0.133. The third-order valence-electron chi connectivity index (χ3n) is 4.27. The molecule has 0 saturated carbocycles. The molecule has 3 heteroatoms. The Bertz CT molecular complexity index is 417. The van der Waals surface area contributed by atoms with E-state index in [2.05, 4.69) is 38.1 Å². The maximum absolute atomic E-state index is 12.4. The van der Waals surface area contributed by atoms with E-state index in [0.29, 0.717) is 0 Å². The number of fused-ring (bicyclic) bond motifs is 1. The van der Waals surface area contributed by atoms with Crippen molar-refractivity contribution in [2.45, 2.75) is 39.2 Å². The summed E-state index contributed by atoms with van der Waals surface area (Å²) in [6.07, 6.45) is 2.82. The fraction of sp³-hybridized carbons (Fsp3) is 0.562.